The van der Waals surface area contributed by atoms with Crippen molar-refractivity contribution in [3.05, 3.63) is 30.0 Å². The van der Waals surface area contributed by atoms with E-state index in [1.165, 1.54) is 0 Å². The molecule has 4 heteroatoms. The van der Waals surface area contributed by atoms with Gasteiger partial charge >= 0.3 is 5.97 Å². The minimum absolute atomic E-state index is 0.153. The molecule has 0 aliphatic carbocycles. The third-order valence-electron chi connectivity index (χ3n) is 3.24. The molecule has 1 heterocycles. The maximum Gasteiger partial charge on any atom is 0.303 e. The van der Waals surface area contributed by atoms with Crippen LogP contribution in [0.3, 0.4) is 0 Å². The summed E-state index contributed by atoms with van der Waals surface area (Å²) in [6.07, 6.45) is 0.699. The minimum Gasteiger partial charge on any atom is -0.497 e. The Kier molecular flexibility index (Phi) is 3.79. The molecule has 1 N–H and O–H groups in total. The molecule has 102 valence electrons. The van der Waals surface area contributed by atoms with Crippen LogP contribution in [-0.4, -0.2) is 22.8 Å². The van der Waals surface area contributed by atoms with E-state index < -0.39 is 5.97 Å². The van der Waals surface area contributed by atoms with Crippen LogP contribution in [0.25, 0.3) is 10.9 Å². The number of carboxylic acids is 1. The Bertz CT molecular complexity index is 599. The van der Waals surface area contributed by atoms with Crippen molar-refractivity contribution in [1.29, 1.82) is 0 Å². The van der Waals surface area contributed by atoms with E-state index in [9.17, 15) is 4.79 Å². The Hall–Kier alpha value is -1.97. The number of carbonyl (C=O) groups is 1. The molecule has 0 saturated carbocycles. The zero-order valence-corrected chi connectivity index (χ0v) is 11.5. The van der Waals surface area contributed by atoms with E-state index in [0.29, 0.717) is 12.5 Å². The van der Waals surface area contributed by atoms with Crippen LogP contribution in [0, 0.1) is 0 Å². The molecule has 0 unspecified atom stereocenters. The number of benzene rings is 1. The molecule has 0 spiro atoms. The summed E-state index contributed by atoms with van der Waals surface area (Å²) in [6.45, 7) is 4.21. The Morgan fingerprint density at radius 2 is 2.11 bits per heavy atom. The van der Waals surface area contributed by atoms with Gasteiger partial charge in [0.05, 0.1) is 13.5 Å². The van der Waals surface area contributed by atoms with Gasteiger partial charge in [-0.3, -0.25) is 4.79 Å². The van der Waals surface area contributed by atoms with E-state index in [1.807, 2.05) is 18.2 Å². The molecule has 0 aliphatic rings. The molecule has 0 aliphatic heterocycles. The third kappa shape index (κ3) is 2.72. The van der Waals surface area contributed by atoms with Crippen LogP contribution in [0.5, 0.6) is 5.75 Å². The second-order valence-corrected chi connectivity index (χ2v) is 4.92. The fourth-order valence-electron chi connectivity index (χ4n) is 2.44. The number of nitrogens with zero attached hydrogens (tertiary/aromatic N) is 1. The summed E-state index contributed by atoms with van der Waals surface area (Å²) < 4.78 is 7.42. The maximum atomic E-state index is 10.7. The van der Waals surface area contributed by atoms with Gasteiger partial charge in [-0.2, -0.15) is 0 Å². The number of aromatic nitrogens is 1. The molecule has 1 aromatic carbocycles. The van der Waals surface area contributed by atoms with Gasteiger partial charge in [0.1, 0.15) is 5.75 Å². The van der Waals surface area contributed by atoms with Crippen molar-refractivity contribution in [3.8, 4) is 5.75 Å². The van der Waals surface area contributed by atoms with E-state index in [0.717, 1.165) is 22.3 Å². The first kappa shape index (κ1) is 13.5. The quantitative estimate of drug-likeness (QED) is 0.898. The molecule has 0 saturated heterocycles. The number of rotatable bonds is 5. The van der Waals surface area contributed by atoms with Gasteiger partial charge in [0.25, 0.3) is 0 Å². The summed E-state index contributed by atoms with van der Waals surface area (Å²) in [7, 11) is 1.64. The van der Waals surface area contributed by atoms with E-state index in [4.69, 9.17) is 9.84 Å². The lowest BCUT2D eigenvalue weighted by Crippen LogP contribution is -2.07. The number of hydrogen-bond donors (Lipinski definition) is 1. The molecule has 0 atom stereocenters. The summed E-state index contributed by atoms with van der Waals surface area (Å²) in [6, 6.07) is 8.30. The highest BCUT2D eigenvalue weighted by Crippen LogP contribution is 2.28. The van der Waals surface area contributed by atoms with Crippen molar-refractivity contribution in [3.63, 3.8) is 0 Å². The van der Waals surface area contributed by atoms with Crippen LogP contribution in [0.15, 0.2) is 24.3 Å². The van der Waals surface area contributed by atoms with Crippen LogP contribution < -0.4 is 4.74 Å². The highest BCUT2D eigenvalue weighted by atomic mass is 16.5. The van der Waals surface area contributed by atoms with Gasteiger partial charge in [-0.05, 0) is 44.5 Å². The molecule has 2 rings (SSSR count). The van der Waals surface area contributed by atoms with Crippen molar-refractivity contribution < 1.29 is 14.6 Å². The second-order valence-electron chi connectivity index (χ2n) is 4.92. The maximum absolute atomic E-state index is 10.7. The van der Waals surface area contributed by atoms with Crippen LogP contribution in [0.2, 0.25) is 0 Å². The molecule has 0 amide bonds. The Balaban J connectivity index is 2.49. The third-order valence-corrected chi connectivity index (χ3v) is 3.24. The van der Waals surface area contributed by atoms with Gasteiger partial charge < -0.3 is 14.4 Å². The number of fused-ring (bicyclic) bond motifs is 1. The largest absolute Gasteiger partial charge is 0.497 e. The van der Waals surface area contributed by atoms with E-state index in [-0.39, 0.29) is 6.42 Å². The zero-order valence-electron chi connectivity index (χ0n) is 11.5. The van der Waals surface area contributed by atoms with Crippen LogP contribution in [-0.2, 0) is 11.2 Å². The SMILES string of the molecule is COc1ccc2c(c1)cc(CCC(=O)O)n2C(C)C. The van der Waals surface area contributed by atoms with Crippen LogP contribution in [0.4, 0.5) is 0 Å². The highest BCUT2D eigenvalue weighted by Gasteiger charge is 2.13. The molecule has 1 aromatic heterocycles. The molecular formula is C15H19NO3. The Morgan fingerprint density at radius 1 is 1.37 bits per heavy atom. The lowest BCUT2D eigenvalue weighted by atomic mass is 10.2. The van der Waals surface area contributed by atoms with E-state index in [2.05, 4.69) is 24.5 Å². The first-order valence-corrected chi connectivity index (χ1v) is 6.42. The van der Waals surface area contributed by atoms with Crippen molar-refractivity contribution in [2.45, 2.75) is 32.7 Å². The fourth-order valence-corrected chi connectivity index (χ4v) is 2.44. The molecule has 4 nitrogen and oxygen atoms in total. The summed E-state index contributed by atoms with van der Waals surface area (Å²) in [4.78, 5) is 10.7. The van der Waals surface area contributed by atoms with Gasteiger partial charge in [0.2, 0.25) is 0 Å². The number of aryl methyl sites for hydroxylation is 1. The predicted molar refractivity (Wildman–Crippen MR) is 74.8 cm³/mol. The number of methoxy groups -OCH3 is 1. The summed E-state index contributed by atoms with van der Waals surface area (Å²) in [5.74, 6) is 0.0522. The average molecular weight is 261 g/mol. The smallest absolute Gasteiger partial charge is 0.303 e. The van der Waals surface area contributed by atoms with E-state index >= 15 is 0 Å². The molecule has 0 bridgehead atoms. The lowest BCUT2D eigenvalue weighted by Gasteiger charge is -2.14. The van der Waals surface area contributed by atoms with Crippen LogP contribution in [0.1, 0.15) is 32.0 Å². The summed E-state index contributed by atoms with van der Waals surface area (Å²) >= 11 is 0. The van der Waals surface area contributed by atoms with Crippen molar-refractivity contribution in [2.24, 2.45) is 0 Å². The first-order valence-electron chi connectivity index (χ1n) is 6.42. The van der Waals surface area contributed by atoms with Crippen LogP contribution >= 0.6 is 0 Å². The number of aliphatic carboxylic acids is 1. The topological polar surface area (TPSA) is 51.5 Å². The molecular weight excluding hydrogens is 242 g/mol. The number of hydrogen-bond acceptors (Lipinski definition) is 2. The molecule has 0 radical (unpaired) electrons. The van der Waals surface area contributed by atoms with Crippen molar-refractivity contribution >= 4 is 16.9 Å². The van der Waals surface area contributed by atoms with E-state index in [1.54, 1.807) is 7.11 Å². The van der Waals surface area contributed by atoms with Gasteiger partial charge in [0.15, 0.2) is 0 Å². The highest BCUT2D eigenvalue weighted by molar-refractivity contribution is 5.83. The first-order chi connectivity index (χ1) is 9.02. The normalized spacial score (nSPS) is 11.2. The summed E-state index contributed by atoms with van der Waals surface area (Å²) in [5.41, 5.74) is 2.18. The summed E-state index contributed by atoms with van der Waals surface area (Å²) in [5, 5.41) is 9.92. The predicted octanol–water partition coefficient (Wildman–Crippen LogP) is 3.25. The number of ether oxygens (including phenoxy) is 1. The number of carboxylic acid groups (broad SMARTS) is 1. The van der Waals surface area contributed by atoms with Gasteiger partial charge in [-0.1, -0.05) is 0 Å². The molecule has 19 heavy (non-hydrogen) atoms. The second kappa shape index (κ2) is 5.34. The monoisotopic (exact) mass is 261 g/mol. The average Bonchev–Trinajstić information content (AvgIpc) is 2.73. The minimum atomic E-state index is -0.766. The standard InChI is InChI=1S/C15H19NO3/c1-10(2)16-12(4-7-15(17)18)8-11-9-13(19-3)5-6-14(11)16/h5-6,8-10H,4,7H2,1-3H3,(H,17,18). The van der Waals surface area contributed by atoms with Gasteiger partial charge in [0, 0.05) is 22.6 Å². The van der Waals surface area contributed by atoms with Gasteiger partial charge in [-0.15, -0.1) is 0 Å². The molecule has 2 aromatic rings. The fraction of sp³-hybridized carbons (Fsp3) is 0.400. The Labute approximate surface area is 112 Å². The van der Waals surface area contributed by atoms with Crippen molar-refractivity contribution in [1.82, 2.24) is 4.57 Å². The lowest BCUT2D eigenvalue weighted by molar-refractivity contribution is -0.136. The Morgan fingerprint density at radius 3 is 2.68 bits per heavy atom. The molecule has 0 fully saturated rings. The van der Waals surface area contributed by atoms with Crippen molar-refractivity contribution in [2.75, 3.05) is 7.11 Å². The van der Waals surface area contributed by atoms with Gasteiger partial charge in [-0.25, -0.2) is 0 Å². The zero-order chi connectivity index (χ0) is 14.0.